The topological polar surface area (TPSA) is 79.3 Å². The molecular formula is C21H25N3O2. The molecule has 0 spiro atoms. The fraction of sp³-hybridized carbons (Fsp3) is 0.429. The zero-order valence-corrected chi connectivity index (χ0v) is 15.6. The van der Waals surface area contributed by atoms with E-state index in [1.165, 1.54) is 0 Å². The van der Waals surface area contributed by atoms with Crippen molar-refractivity contribution >= 4 is 5.78 Å². The number of hydrogen-bond donors (Lipinski definition) is 1. The predicted molar refractivity (Wildman–Crippen MR) is 99.6 cm³/mol. The van der Waals surface area contributed by atoms with E-state index in [-0.39, 0.29) is 11.2 Å². The zero-order valence-electron chi connectivity index (χ0n) is 15.6. The summed E-state index contributed by atoms with van der Waals surface area (Å²) >= 11 is 0. The molecule has 1 heterocycles. The summed E-state index contributed by atoms with van der Waals surface area (Å²) in [5.74, 6) is 0.147. The van der Waals surface area contributed by atoms with Crippen molar-refractivity contribution < 1.29 is 9.53 Å². The fourth-order valence-electron chi connectivity index (χ4n) is 3.99. The molecule has 1 aromatic carbocycles. The number of ketones is 1. The number of carbonyl (C=O) groups excluding carboxylic acids is 1. The third-order valence-corrected chi connectivity index (χ3v) is 5.14. The van der Waals surface area contributed by atoms with Gasteiger partial charge in [-0.25, -0.2) is 0 Å². The van der Waals surface area contributed by atoms with Crippen molar-refractivity contribution in [1.29, 1.82) is 5.26 Å². The van der Waals surface area contributed by atoms with Gasteiger partial charge in [-0.1, -0.05) is 44.2 Å². The molecule has 0 fully saturated rings. The molecule has 0 unspecified atom stereocenters. The van der Waals surface area contributed by atoms with E-state index in [2.05, 4.69) is 19.9 Å². The number of benzene rings is 1. The molecule has 0 aromatic heterocycles. The number of nitrogens with two attached hydrogens (primary N) is 1. The van der Waals surface area contributed by atoms with Crippen LogP contribution in [0.5, 0.6) is 0 Å². The van der Waals surface area contributed by atoms with Crippen molar-refractivity contribution in [3.05, 3.63) is 58.6 Å². The van der Waals surface area contributed by atoms with Crippen LogP contribution < -0.4 is 5.73 Å². The number of nitrogens with zero attached hydrogens (tertiary/aromatic N) is 2. The molecule has 26 heavy (non-hydrogen) atoms. The third-order valence-electron chi connectivity index (χ3n) is 5.14. The second kappa shape index (κ2) is 6.97. The largest absolute Gasteiger partial charge is 0.384 e. The van der Waals surface area contributed by atoms with Crippen LogP contribution in [-0.2, 0) is 9.53 Å². The lowest BCUT2D eigenvalue weighted by Gasteiger charge is -2.43. The molecule has 5 heteroatoms. The van der Waals surface area contributed by atoms with Gasteiger partial charge < -0.3 is 15.4 Å². The van der Waals surface area contributed by atoms with Crippen molar-refractivity contribution in [2.24, 2.45) is 11.1 Å². The van der Waals surface area contributed by atoms with Crippen molar-refractivity contribution in [2.75, 3.05) is 20.3 Å². The highest BCUT2D eigenvalue weighted by molar-refractivity contribution is 6.00. The summed E-state index contributed by atoms with van der Waals surface area (Å²) in [5, 5.41) is 9.84. The van der Waals surface area contributed by atoms with Crippen LogP contribution >= 0.6 is 0 Å². The van der Waals surface area contributed by atoms with Crippen LogP contribution in [-0.4, -0.2) is 30.9 Å². The molecule has 3 rings (SSSR count). The van der Waals surface area contributed by atoms with Gasteiger partial charge in [0.15, 0.2) is 5.78 Å². The molecule has 2 N–H and O–H groups in total. The summed E-state index contributed by atoms with van der Waals surface area (Å²) in [4.78, 5) is 15.0. The first kappa shape index (κ1) is 18.2. The van der Waals surface area contributed by atoms with Crippen LogP contribution in [0.4, 0.5) is 0 Å². The Morgan fingerprint density at radius 3 is 2.62 bits per heavy atom. The van der Waals surface area contributed by atoms with E-state index in [1.54, 1.807) is 7.11 Å². The SMILES string of the molecule is COCCN1C(N)=C(C#N)[C@H](c2ccccc2)C2=C1CC(C)(C)CC2=O. The van der Waals surface area contributed by atoms with Crippen molar-refractivity contribution in [3.63, 3.8) is 0 Å². The molecule has 0 radical (unpaired) electrons. The molecule has 0 amide bonds. The van der Waals surface area contributed by atoms with Gasteiger partial charge in [0.1, 0.15) is 5.82 Å². The lowest BCUT2D eigenvalue weighted by molar-refractivity contribution is -0.118. The summed E-state index contributed by atoms with van der Waals surface area (Å²) in [6.45, 7) is 5.19. The maximum absolute atomic E-state index is 13.1. The summed E-state index contributed by atoms with van der Waals surface area (Å²) in [5.41, 5.74) is 9.32. The Kier molecular flexibility index (Phi) is 4.88. The maximum Gasteiger partial charge on any atom is 0.162 e. The van der Waals surface area contributed by atoms with Crippen molar-refractivity contribution in [1.82, 2.24) is 4.90 Å². The van der Waals surface area contributed by atoms with E-state index in [1.807, 2.05) is 35.2 Å². The number of methoxy groups -OCH3 is 1. The second-order valence-electron chi connectivity index (χ2n) is 7.70. The van der Waals surface area contributed by atoms with E-state index in [0.29, 0.717) is 31.0 Å². The summed E-state index contributed by atoms with van der Waals surface area (Å²) < 4.78 is 5.22. The van der Waals surface area contributed by atoms with E-state index < -0.39 is 5.92 Å². The normalized spacial score (nSPS) is 22.3. The second-order valence-corrected chi connectivity index (χ2v) is 7.70. The third kappa shape index (κ3) is 3.13. The molecule has 0 saturated carbocycles. The first-order valence-corrected chi connectivity index (χ1v) is 8.87. The van der Waals surface area contributed by atoms with E-state index in [0.717, 1.165) is 23.3 Å². The molecule has 1 aliphatic carbocycles. The first-order chi connectivity index (χ1) is 12.4. The number of nitriles is 1. The lowest BCUT2D eigenvalue weighted by Crippen LogP contribution is -2.43. The maximum atomic E-state index is 13.1. The highest BCUT2D eigenvalue weighted by Crippen LogP contribution is 2.48. The highest BCUT2D eigenvalue weighted by Gasteiger charge is 2.43. The number of hydrogen-bond acceptors (Lipinski definition) is 5. The number of ether oxygens (including phenoxy) is 1. The monoisotopic (exact) mass is 351 g/mol. The Hall–Kier alpha value is -2.58. The molecule has 5 nitrogen and oxygen atoms in total. The molecule has 1 aliphatic heterocycles. The minimum atomic E-state index is -0.390. The quantitative estimate of drug-likeness (QED) is 0.902. The van der Waals surface area contributed by atoms with Crippen molar-refractivity contribution in [2.45, 2.75) is 32.6 Å². The van der Waals surface area contributed by atoms with E-state index >= 15 is 0 Å². The Morgan fingerprint density at radius 1 is 1.31 bits per heavy atom. The minimum absolute atomic E-state index is 0.104. The number of Topliss-reactive ketones (excluding diaryl/α,β-unsaturated/α-hetero) is 1. The van der Waals surface area contributed by atoms with Gasteiger partial charge in [0.25, 0.3) is 0 Å². The molecule has 136 valence electrons. The van der Waals surface area contributed by atoms with E-state index in [9.17, 15) is 10.1 Å². The average Bonchev–Trinajstić information content (AvgIpc) is 2.60. The standard InChI is InChI=1S/C21H25N3O2/c1-21(2)11-16-19(17(25)12-21)18(14-7-5-4-6-8-14)15(13-22)20(23)24(16)9-10-26-3/h4-8,18H,9-12,23H2,1-3H3/t18-/m0/s1. The molecule has 1 aromatic rings. The summed E-state index contributed by atoms with van der Waals surface area (Å²) in [7, 11) is 1.63. The number of carbonyl (C=O) groups is 1. The predicted octanol–water partition coefficient (Wildman–Crippen LogP) is 3.07. The van der Waals surface area contributed by atoms with Gasteiger partial charge in [0.05, 0.1) is 24.2 Å². The zero-order chi connectivity index (χ0) is 18.9. The van der Waals surface area contributed by atoms with Gasteiger partial charge in [-0.15, -0.1) is 0 Å². The molecular weight excluding hydrogens is 326 g/mol. The highest BCUT2D eigenvalue weighted by atomic mass is 16.5. The van der Waals surface area contributed by atoms with Crippen LogP contribution in [0.3, 0.4) is 0 Å². The van der Waals surface area contributed by atoms with Crippen LogP contribution in [0, 0.1) is 16.7 Å². The molecule has 0 bridgehead atoms. The molecule has 1 atom stereocenters. The minimum Gasteiger partial charge on any atom is -0.384 e. The average molecular weight is 351 g/mol. The van der Waals surface area contributed by atoms with E-state index in [4.69, 9.17) is 10.5 Å². The Labute approximate surface area is 154 Å². The number of rotatable bonds is 4. The van der Waals surface area contributed by atoms with Crippen LogP contribution in [0.1, 0.15) is 38.2 Å². The van der Waals surface area contributed by atoms with Gasteiger partial charge in [-0.2, -0.15) is 5.26 Å². The Balaban J connectivity index is 2.21. The van der Waals surface area contributed by atoms with Crippen molar-refractivity contribution in [3.8, 4) is 6.07 Å². The molecule has 2 aliphatic rings. The Bertz CT molecular complexity index is 815. The van der Waals surface area contributed by atoms with Crippen LogP contribution in [0.15, 0.2) is 53.0 Å². The molecule has 0 saturated heterocycles. The van der Waals surface area contributed by atoms with Gasteiger partial charge in [-0.3, -0.25) is 4.79 Å². The summed E-state index contributed by atoms with van der Waals surface area (Å²) in [6.07, 6.45) is 1.23. The number of allylic oxidation sites excluding steroid dienone is 3. The Morgan fingerprint density at radius 2 is 2.00 bits per heavy atom. The van der Waals surface area contributed by atoms with Gasteiger partial charge in [0, 0.05) is 31.3 Å². The summed E-state index contributed by atoms with van der Waals surface area (Å²) in [6, 6.07) is 12.0. The lowest BCUT2D eigenvalue weighted by atomic mass is 9.68. The van der Waals surface area contributed by atoms with Gasteiger partial charge >= 0.3 is 0 Å². The van der Waals surface area contributed by atoms with Gasteiger partial charge in [-0.05, 0) is 17.4 Å². The first-order valence-electron chi connectivity index (χ1n) is 8.87. The van der Waals surface area contributed by atoms with Gasteiger partial charge in [0.2, 0.25) is 0 Å². The van der Waals surface area contributed by atoms with Crippen LogP contribution in [0.25, 0.3) is 0 Å². The smallest absolute Gasteiger partial charge is 0.162 e. The fourth-order valence-corrected chi connectivity index (χ4v) is 3.99. The van der Waals surface area contributed by atoms with Crippen LogP contribution in [0.2, 0.25) is 0 Å².